The third-order valence-corrected chi connectivity index (χ3v) is 7.76. The molecule has 0 spiro atoms. The molecule has 3 aromatic rings. The van der Waals surface area contributed by atoms with Gasteiger partial charge < -0.3 is 0 Å². The van der Waals surface area contributed by atoms with Crippen LogP contribution in [0.15, 0.2) is 65.2 Å². The molecule has 1 aliphatic heterocycles. The van der Waals surface area contributed by atoms with Crippen molar-refractivity contribution in [3.05, 3.63) is 91.3 Å². The van der Waals surface area contributed by atoms with E-state index < -0.39 is 0 Å². The number of anilines is 1. The fraction of sp³-hybridized carbons (Fsp3) is 0.130. The molecule has 168 valence electrons. The Kier molecular flexibility index (Phi) is 7.51. The Morgan fingerprint density at radius 2 is 1.82 bits per heavy atom. The second-order valence-electron chi connectivity index (χ2n) is 7.24. The van der Waals surface area contributed by atoms with Gasteiger partial charge in [-0.1, -0.05) is 77.5 Å². The van der Waals surface area contributed by atoms with Crippen LogP contribution in [-0.4, -0.2) is 33.1 Å². The number of carbonyl (C=O) groups is 2. The van der Waals surface area contributed by atoms with Gasteiger partial charge in [0.25, 0.3) is 11.8 Å². The van der Waals surface area contributed by atoms with E-state index in [-0.39, 0.29) is 11.8 Å². The van der Waals surface area contributed by atoms with Crippen LogP contribution in [0.2, 0.25) is 10.0 Å². The second-order valence-corrected chi connectivity index (χ2v) is 10.9. The second kappa shape index (κ2) is 10.4. The fourth-order valence-corrected chi connectivity index (χ4v) is 5.88. The summed E-state index contributed by atoms with van der Waals surface area (Å²) in [6.07, 6.45) is 2.59. The number of carbonyl (C=O) groups excluding carboxylic acids is 2. The van der Waals surface area contributed by atoms with Crippen LogP contribution in [0.4, 0.5) is 5.13 Å². The van der Waals surface area contributed by atoms with Crippen molar-refractivity contribution < 1.29 is 9.59 Å². The Hall–Kier alpha value is -2.23. The Morgan fingerprint density at radius 1 is 1.12 bits per heavy atom. The maximum absolute atomic E-state index is 13.3. The number of hydrogen-bond donors (Lipinski definition) is 1. The molecule has 0 saturated carbocycles. The fourth-order valence-electron chi connectivity index (χ4n) is 3.22. The Labute approximate surface area is 214 Å². The predicted octanol–water partition coefficient (Wildman–Crippen LogP) is 5.97. The molecule has 1 saturated heterocycles. The van der Waals surface area contributed by atoms with E-state index in [4.69, 9.17) is 35.4 Å². The van der Waals surface area contributed by atoms with Gasteiger partial charge in [0.05, 0.1) is 4.91 Å². The molecule has 1 aliphatic rings. The highest BCUT2D eigenvalue weighted by atomic mass is 35.5. The highest BCUT2D eigenvalue weighted by Gasteiger charge is 2.34. The van der Waals surface area contributed by atoms with Gasteiger partial charge in [0.15, 0.2) is 5.13 Å². The number of thiocarbonyl (C=S) groups is 1. The van der Waals surface area contributed by atoms with Gasteiger partial charge in [-0.2, -0.15) is 0 Å². The summed E-state index contributed by atoms with van der Waals surface area (Å²) in [4.78, 5) is 33.0. The van der Waals surface area contributed by atoms with Crippen LogP contribution in [0.25, 0.3) is 0 Å². The molecule has 1 aromatic heterocycles. The standard InChI is InChI=1S/C23H17Cl2N3O2S3/c1-28-21(30)19(33-23(28)31)18(10-13-5-3-2-4-6-13)20(29)27-22-26-12-17(32-22)9-14-7-15(24)11-16(25)8-14/h2-8,11-12H,9-10H2,1H3,(H,26,27,29)/b19-18+. The number of likely N-dealkylation sites (N-methyl/N-ethyl adjacent to an activating group) is 1. The van der Waals surface area contributed by atoms with Crippen molar-refractivity contribution in [3.63, 3.8) is 0 Å². The van der Waals surface area contributed by atoms with Crippen LogP contribution in [0.1, 0.15) is 16.0 Å². The molecule has 0 radical (unpaired) electrons. The molecule has 0 bridgehead atoms. The lowest BCUT2D eigenvalue weighted by molar-refractivity contribution is -0.122. The number of thiazole rings is 1. The van der Waals surface area contributed by atoms with Crippen molar-refractivity contribution in [1.82, 2.24) is 9.88 Å². The molecule has 2 amide bonds. The molecular weight excluding hydrogens is 517 g/mol. The zero-order chi connectivity index (χ0) is 23.5. The van der Waals surface area contributed by atoms with E-state index in [1.54, 1.807) is 19.3 Å². The summed E-state index contributed by atoms with van der Waals surface area (Å²) in [7, 11) is 1.61. The lowest BCUT2D eigenvalue weighted by Gasteiger charge is -2.10. The van der Waals surface area contributed by atoms with E-state index >= 15 is 0 Å². The van der Waals surface area contributed by atoms with Crippen LogP contribution < -0.4 is 5.32 Å². The molecule has 4 rings (SSSR count). The molecule has 5 nitrogen and oxygen atoms in total. The van der Waals surface area contributed by atoms with Gasteiger partial charge in [-0.3, -0.25) is 19.8 Å². The van der Waals surface area contributed by atoms with Gasteiger partial charge in [0.1, 0.15) is 4.32 Å². The third-order valence-electron chi connectivity index (χ3n) is 4.81. The summed E-state index contributed by atoms with van der Waals surface area (Å²) in [5.74, 6) is -0.650. The predicted molar refractivity (Wildman–Crippen MR) is 140 cm³/mol. The normalized spacial score (nSPS) is 15.2. The molecule has 0 aliphatic carbocycles. The van der Waals surface area contributed by atoms with E-state index in [2.05, 4.69) is 10.3 Å². The molecule has 0 unspecified atom stereocenters. The quantitative estimate of drug-likeness (QED) is 0.312. The number of rotatable bonds is 6. The minimum Gasteiger partial charge on any atom is -0.298 e. The summed E-state index contributed by atoms with van der Waals surface area (Å²) < 4.78 is 0.421. The van der Waals surface area contributed by atoms with Crippen LogP contribution >= 0.6 is 58.5 Å². The molecule has 1 N–H and O–H groups in total. The van der Waals surface area contributed by atoms with Crippen LogP contribution in [-0.2, 0) is 22.4 Å². The maximum Gasteiger partial charge on any atom is 0.266 e. The first-order chi connectivity index (χ1) is 15.8. The smallest absolute Gasteiger partial charge is 0.266 e. The Balaban J connectivity index is 1.56. The third kappa shape index (κ3) is 5.83. The summed E-state index contributed by atoms with van der Waals surface area (Å²) in [6, 6.07) is 14.9. The zero-order valence-corrected chi connectivity index (χ0v) is 21.3. The van der Waals surface area contributed by atoms with Gasteiger partial charge in [-0.25, -0.2) is 4.98 Å². The summed E-state index contributed by atoms with van der Waals surface area (Å²) in [5.41, 5.74) is 2.23. The topological polar surface area (TPSA) is 62.3 Å². The number of benzene rings is 2. The molecule has 2 aromatic carbocycles. The van der Waals surface area contributed by atoms with E-state index in [1.165, 1.54) is 16.2 Å². The minimum atomic E-state index is -0.375. The number of nitrogens with one attached hydrogen (secondary N) is 1. The van der Waals surface area contributed by atoms with Gasteiger partial charge in [0, 0.05) is 46.6 Å². The molecule has 10 heteroatoms. The summed E-state index contributed by atoms with van der Waals surface area (Å²) in [6.45, 7) is 0. The van der Waals surface area contributed by atoms with E-state index in [9.17, 15) is 9.59 Å². The first-order valence-corrected chi connectivity index (χ1v) is 12.6. The van der Waals surface area contributed by atoms with Crippen LogP contribution in [0.3, 0.4) is 0 Å². The average Bonchev–Trinajstić information content (AvgIpc) is 3.31. The highest BCUT2D eigenvalue weighted by Crippen LogP contribution is 2.34. The maximum atomic E-state index is 13.3. The number of thioether (sulfide) groups is 1. The lowest BCUT2D eigenvalue weighted by atomic mass is 10.0. The highest BCUT2D eigenvalue weighted by molar-refractivity contribution is 8.26. The molecule has 2 heterocycles. The van der Waals surface area contributed by atoms with E-state index in [0.29, 0.717) is 42.8 Å². The van der Waals surface area contributed by atoms with Crippen molar-refractivity contribution in [2.75, 3.05) is 12.4 Å². The number of aromatic nitrogens is 1. The van der Waals surface area contributed by atoms with Gasteiger partial charge in [0.2, 0.25) is 0 Å². The lowest BCUT2D eigenvalue weighted by Crippen LogP contribution is -2.24. The van der Waals surface area contributed by atoms with E-state index in [0.717, 1.165) is 27.8 Å². The van der Waals surface area contributed by atoms with E-state index in [1.807, 2.05) is 42.5 Å². The minimum absolute atomic E-state index is 0.274. The van der Waals surface area contributed by atoms with Gasteiger partial charge in [-0.15, -0.1) is 11.3 Å². The number of nitrogens with zero attached hydrogens (tertiary/aromatic N) is 2. The van der Waals surface area contributed by atoms with Crippen molar-refractivity contribution in [2.24, 2.45) is 0 Å². The first-order valence-electron chi connectivity index (χ1n) is 9.78. The first kappa shape index (κ1) is 23.9. The Bertz CT molecular complexity index is 1250. The monoisotopic (exact) mass is 533 g/mol. The summed E-state index contributed by atoms with van der Waals surface area (Å²) >= 11 is 19.9. The van der Waals surface area contributed by atoms with Crippen molar-refractivity contribution in [3.8, 4) is 0 Å². The van der Waals surface area contributed by atoms with Crippen molar-refractivity contribution >= 4 is 79.8 Å². The summed E-state index contributed by atoms with van der Waals surface area (Å²) in [5, 5.41) is 4.42. The molecule has 0 atom stereocenters. The van der Waals surface area contributed by atoms with Gasteiger partial charge in [-0.05, 0) is 29.3 Å². The van der Waals surface area contributed by atoms with Crippen LogP contribution in [0, 0.1) is 0 Å². The SMILES string of the molecule is CN1C(=O)/C(=C(/Cc2ccccc2)C(=O)Nc2ncc(Cc3cc(Cl)cc(Cl)c3)s2)SC1=S. The molecule has 1 fully saturated rings. The number of amides is 2. The molecule has 33 heavy (non-hydrogen) atoms. The zero-order valence-electron chi connectivity index (χ0n) is 17.3. The van der Waals surface area contributed by atoms with Crippen LogP contribution in [0.5, 0.6) is 0 Å². The number of hydrogen-bond acceptors (Lipinski definition) is 6. The largest absolute Gasteiger partial charge is 0.298 e. The van der Waals surface area contributed by atoms with Crippen molar-refractivity contribution in [2.45, 2.75) is 12.8 Å². The van der Waals surface area contributed by atoms with Crippen molar-refractivity contribution in [1.29, 1.82) is 0 Å². The van der Waals surface area contributed by atoms with Gasteiger partial charge >= 0.3 is 0 Å². The number of halogens is 2. The average molecular weight is 535 g/mol. The molecular formula is C23H17Cl2N3O2S3. The Morgan fingerprint density at radius 3 is 2.45 bits per heavy atom.